The lowest BCUT2D eigenvalue weighted by molar-refractivity contribution is -0.160. The maximum atomic E-state index is 14.8. The maximum Gasteiger partial charge on any atom is 0.330 e. The molecule has 2 aliphatic heterocycles. The summed E-state index contributed by atoms with van der Waals surface area (Å²) in [5, 5.41) is 11.1. The fraction of sp³-hybridized carbons (Fsp3) is 0.441. The van der Waals surface area contributed by atoms with Gasteiger partial charge in [0.15, 0.2) is 17.3 Å². The second kappa shape index (κ2) is 11.1. The van der Waals surface area contributed by atoms with Gasteiger partial charge in [-0.3, -0.25) is 9.59 Å². The number of furan rings is 1. The van der Waals surface area contributed by atoms with Crippen molar-refractivity contribution in [1.82, 2.24) is 4.90 Å². The SMILES string of the molecule is COc1ccc(C2C(C(=O)c3cc(C)oc3C)C(c3ccc4c(c3)OCO4)N(C(=O)C3CCCCC3)C2(C)C(=O)O)cc1. The normalized spacial score (nSPS) is 25.1. The van der Waals surface area contributed by atoms with Crippen LogP contribution < -0.4 is 14.2 Å². The van der Waals surface area contributed by atoms with Crippen molar-refractivity contribution in [2.45, 2.75) is 70.4 Å². The monoisotopic (exact) mass is 587 g/mol. The molecular weight excluding hydrogens is 550 g/mol. The molecule has 0 radical (unpaired) electrons. The Labute approximate surface area is 250 Å². The number of ketones is 1. The van der Waals surface area contributed by atoms with Crippen LogP contribution in [-0.4, -0.2) is 47.1 Å². The van der Waals surface area contributed by atoms with Crippen molar-refractivity contribution in [3.8, 4) is 17.2 Å². The Morgan fingerprint density at radius 1 is 0.930 bits per heavy atom. The number of carboxylic acid groups (broad SMARTS) is 1. The summed E-state index contributed by atoms with van der Waals surface area (Å²) in [7, 11) is 1.56. The number of hydrogen-bond acceptors (Lipinski definition) is 7. The average Bonchev–Trinajstić information content (AvgIpc) is 3.70. The molecule has 9 heteroatoms. The zero-order chi connectivity index (χ0) is 30.5. The van der Waals surface area contributed by atoms with Crippen LogP contribution >= 0.6 is 0 Å². The molecule has 1 aromatic heterocycles. The molecule has 2 fully saturated rings. The minimum Gasteiger partial charge on any atom is -0.497 e. The number of carboxylic acids is 1. The van der Waals surface area contributed by atoms with Crippen LogP contribution in [0.4, 0.5) is 0 Å². The number of ether oxygens (including phenoxy) is 3. The summed E-state index contributed by atoms with van der Waals surface area (Å²) in [6.07, 6.45) is 4.22. The highest BCUT2D eigenvalue weighted by Gasteiger charge is 2.65. The molecule has 0 spiro atoms. The fourth-order valence-electron chi connectivity index (χ4n) is 7.43. The molecule has 3 aliphatic rings. The van der Waals surface area contributed by atoms with Crippen molar-refractivity contribution in [2.75, 3.05) is 13.9 Å². The first-order valence-electron chi connectivity index (χ1n) is 14.9. The third kappa shape index (κ3) is 4.75. The first kappa shape index (κ1) is 28.8. The average molecular weight is 588 g/mol. The minimum atomic E-state index is -1.75. The van der Waals surface area contributed by atoms with E-state index in [9.17, 15) is 19.5 Å². The lowest BCUT2D eigenvalue weighted by Crippen LogP contribution is -2.55. The van der Waals surface area contributed by atoms with Crippen molar-refractivity contribution in [3.63, 3.8) is 0 Å². The lowest BCUT2D eigenvalue weighted by Gasteiger charge is -2.40. The van der Waals surface area contributed by atoms with E-state index in [2.05, 4.69) is 0 Å². The number of carbonyl (C=O) groups is 3. The highest BCUT2D eigenvalue weighted by atomic mass is 16.7. The summed E-state index contributed by atoms with van der Waals surface area (Å²) in [5.74, 6) is -1.15. The molecule has 2 aromatic carbocycles. The number of methoxy groups -OCH3 is 1. The third-order valence-electron chi connectivity index (χ3n) is 9.53. The van der Waals surface area contributed by atoms with Gasteiger partial charge in [-0.25, -0.2) is 4.79 Å². The van der Waals surface area contributed by atoms with Gasteiger partial charge in [0.1, 0.15) is 22.8 Å². The number of likely N-dealkylation sites (tertiary alicyclic amines) is 1. The predicted octanol–water partition coefficient (Wildman–Crippen LogP) is 6.22. The van der Waals surface area contributed by atoms with Crippen LogP contribution in [0.15, 0.2) is 52.9 Å². The van der Waals surface area contributed by atoms with E-state index in [1.54, 1.807) is 70.3 Å². The van der Waals surface area contributed by atoms with Gasteiger partial charge < -0.3 is 28.6 Å². The second-order valence-electron chi connectivity index (χ2n) is 12.0. The molecular formula is C34H37NO8. The number of amides is 1. The Hall–Kier alpha value is -4.27. The van der Waals surface area contributed by atoms with Crippen molar-refractivity contribution in [3.05, 3.63) is 76.7 Å². The van der Waals surface area contributed by atoms with Crippen LogP contribution in [0.1, 0.15) is 84.0 Å². The van der Waals surface area contributed by atoms with E-state index in [4.69, 9.17) is 18.6 Å². The van der Waals surface area contributed by atoms with Gasteiger partial charge in [0.05, 0.1) is 24.6 Å². The van der Waals surface area contributed by atoms with E-state index < -0.39 is 29.4 Å². The van der Waals surface area contributed by atoms with E-state index in [0.29, 0.717) is 58.3 Å². The quantitative estimate of drug-likeness (QED) is 0.324. The number of fused-ring (bicyclic) bond motifs is 1. The molecule has 1 saturated carbocycles. The van der Waals surface area contributed by atoms with E-state index in [0.717, 1.165) is 19.3 Å². The van der Waals surface area contributed by atoms with Crippen molar-refractivity contribution in [2.24, 2.45) is 11.8 Å². The van der Waals surface area contributed by atoms with Crippen LogP contribution in [-0.2, 0) is 9.59 Å². The number of aryl methyl sites for hydroxylation is 2. The van der Waals surface area contributed by atoms with Crippen LogP contribution in [0.25, 0.3) is 0 Å². The standard InChI is InChI=1S/C34H37NO8/c1-19-16-25(20(2)43-19)31(36)28-29(21-10-13-24(40-4)14-11-21)34(3,33(38)39)35(32(37)22-8-6-5-7-9-22)30(28)23-12-15-26-27(17-23)42-18-41-26/h10-17,22,28-30H,5-9,18H2,1-4H3,(H,38,39). The molecule has 9 nitrogen and oxygen atoms in total. The summed E-state index contributed by atoms with van der Waals surface area (Å²) in [6, 6.07) is 13.3. The molecule has 0 bridgehead atoms. The van der Waals surface area contributed by atoms with Gasteiger partial charge in [-0.1, -0.05) is 37.5 Å². The Morgan fingerprint density at radius 3 is 2.23 bits per heavy atom. The number of aliphatic carboxylic acids is 1. The number of carbonyl (C=O) groups excluding carboxylic acids is 2. The second-order valence-corrected chi connectivity index (χ2v) is 12.0. The van der Waals surface area contributed by atoms with E-state index in [-0.39, 0.29) is 24.4 Å². The molecule has 3 heterocycles. The summed E-state index contributed by atoms with van der Waals surface area (Å²) in [6.45, 7) is 5.15. The predicted molar refractivity (Wildman–Crippen MR) is 157 cm³/mol. The topological polar surface area (TPSA) is 116 Å². The van der Waals surface area contributed by atoms with Crippen LogP contribution in [0.3, 0.4) is 0 Å². The van der Waals surface area contributed by atoms with Gasteiger partial charge >= 0.3 is 5.97 Å². The van der Waals surface area contributed by atoms with Gasteiger partial charge in [0.2, 0.25) is 12.7 Å². The molecule has 4 atom stereocenters. The van der Waals surface area contributed by atoms with E-state index in [1.165, 1.54) is 4.90 Å². The van der Waals surface area contributed by atoms with E-state index >= 15 is 0 Å². The molecule has 1 N–H and O–H groups in total. The van der Waals surface area contributed by atoms with Gasteiger partial charge in [-0.05, 0) is 75.1 Å². The first-order valence-corrected chi connectivity index (χ1v) is 14.9. The van der Waals surface area contributed by atoms with E-state index in [1.807, 2.05) is 6.07 Å². The van der Waals surface area contributed by atoms with Crippen LogP contribution in [0.5, 0.6) is 17.2 Å². The number of benzene rings is 2. The fourth-order valence-corrected chi connectivity index (χ4v) is 7.43. The highest BCUT2D eigenvalue weighted by molar-refractivity contribution is 6.03. The Kier molecular flexibility index (Phi) is 7.44. The smallest absolute Gasteiger partial charge is 0.330 e. The molecule has 226 valence electrons. The summed E-state index contributed by atoms with van der Waals surface area (Å²) >= 11 is 0. The van der Waals surface area contributed by atoms with Crippen molar-refractivity contribution in [1.29, 1.82) is 0 Å². The third-order valence-corrected chi connectivity index (χ3v) is 9.53. The Balaban J connectivity index is 1.61. The molecule has 1 amide bonds. The molecule has 3 aromatic rings. The largest absolute Gasteiger partial charge is 0.497 e. The molecule has 1 aliphatic carbocycles. The van der Waals surface area contributed by atoms with Crippen LogP contribution in [0.2, 0.25) is 0 Å². The first-order chi connectivity index (χ1) is 20.6. The zero-order valence-corrected chi connectivity index (χ0v) is 24.9. The van der Waals surface area contributed by atoms with Crippen LogP contribution in [0, 0.1) is 25.7 Å². The summed E-state index contributed by atoms with van der Waals surface area (Å²) in [5.41, 5.74) is -0.122. The minimum absolute atomic E-state index is 0.0609. The highest BCUT2D eigenvalue weighted by Crippen LogP contribution is 2.58. The molecule has 6 rings (SSSR count). The molecule has 1 saturated heterocycles. The Morgan fingerprint density at radius 2 is 1.60 bits per heavy atom. The number of rotatable bonds is 7. The zero-order valence-electron chi connectivity index (χ0n) is 24.9. The van der Waals surface area contributed by atoms with Gasteiger partial charge in [-0.15, -0.1) is 0 Å². The van der Waals surface area contributed by atoms with Gasteiger partial charge in [0.25, 0.3) is 0 Å². The maximum absolute atomic E-state index is 14.8. The number of Topliss-reactive ketones (excluding diaryl/α,β-unsaturated/α-hetero) is 1. The summed E-state index contributed by atoms with van der Waals surface area (Å²) < 4.78 is 22.4. The molecule has 43 heavy (non-hydrogen) atoms. The lowest BCUT2D eigenvalue weighted by atomic mass is 9.71. The number of nitrogens with zero attached hydrogens (tertiary/aromatic N) is 1. The number of hydrogen-bond donors (Lipinski definition) is 1. The van der Waals surface area contributed by atoms with Crippen molar-refractivity contribution < 1.29 is 38.1 Å². The van der Waals surface area contributed by atoms with Gasteiger partial charge in [0, 0.05) is 11.8 Å². The molecule has 4 unspecified atom stereocenters. The van der Waals surface area contributed by atoms with Crippen molar-refractivity contribution >= 4 is 17.7 Å². The summed E-state index contributed by atoms with van der Waals surface area (Å²) in [4.78, 5) is 44.5. The van der Waals surface area contributed by atoms with Gasteiger partial charge in [-0.2, -0.15) is 0 Å². The Bertz CT molecular complexity index is 1550.